The molecule has 0 saturated heterocycles. The van der Waals surface area contributed by atoms with E-state index in [0.717, 1.165) is 68.4 Å². The molecule has 0 atom stereocenters. The first-order chi connectivity index (χ1) is 17.1. The predicted molar refractivity (Wildman–Crippen MR) is 137 cm³/mol. The van der Waals surface area contributed by atoms with Gasteiger partial charge in [0, 0.05) is 18.7 Å². The van der Waals surface area contributed by atoms with E-state index in [0.29, 0.717) is 12.4 Å². The molecule has 0 aliphatic heterocycles. The Hall–Kier alpha value is -3.06. The van der Waals surface area contributed by atoms with Gasteiger partial charge in [0.25, 0.3) is 0 Å². The summed E-state index contributed by atoms with van der Waals surface area (Å²) in [5, 5.41) is 14.4. The molecule has 3 aromatic rings. The molecule has 1 aliphatic rings. The number of hydrogen-bond acceptors (Lipinski definition) is 6. The Morgan fingerprint density at radius 1 is 1.03 bits per heavy atom. The lowest BCUT2D eigenvalue weighted by Crippen LogP contribution is -2.42. The minimum atomic E-state index is -0.355. The summed E-state index contributed by atoms with van der Waals surface area (Å²) in [6.45, 7) is 7.18. The number of tetrazole rings is 1. The van der Waals surface area contributed by atoms with Gasteiger partial charge in [-0.25, -0.2) is 5.10 Å². The molecule has 1 aliphatic carbocycles. The third-order valence-electron chi connectivity index (χ3n) is 7.07. The lowest BCUT2D eigenvalue weighted by molar-refractivity contribution is -0.156. The number of nitrogens with one attached hydrogen (secondary N) is 1. The monoisotopic (exact) mass is 475 g/mol. The summed E-state index contributed by atoms with van der Waals surface area (Å²) >= 11 is 0. The van der Waals surface area contributed by atoms with E-state index in [1.807, 2.05) is 25.1 Å². The minimum absolute atomic E-state index is 0.00754. The van der Waals surface area contributed by atoms with Crippen LogP contribution >= 0.6 is 0 Å². The number of carbonyl (C=O) groups is 1. The Bertz CT molecular complexity index is 1060. The molecule has 0 spiro atoms. The maximum atomic E-state index is 13.0. The smallest absolute Gasteiger partial charge is 0.313 e. The Morgan fingerprint density at radius 3 is 2.43 bits per heavy atom. The van der Waals surface area contributed by atoms with E-state index in [1.165, 1.54) is 18.4 Å². The number of aromatic amines is 1. The van der Waals surface area contributed by atoms with Crippen LogP contribution < -0.4 is 0 Å². The van der Waals surface area contributed by atoms with Crippen LogP contribution in [0, 0.1) is 5.41 Å². The molecule has 1 N–H and O–H groups in total. The minimum Gasteiger partial charge on any atom is -0.466 e. The summed E-state index contributed by atoms with van der Waals surface area (Å²) in [4.78, 5) is 15.4. The molecule has 186 valence electrons. The van der Waals surface area contributed by atoms with Crippen LogP contribution in [-0.4, -0.2) is 51.2 Å². The van der Waals surface area contributed by atoms with E-state index in [1.54, 1.807) is 0 Å². The molecule has 0 unspecified atom stereocenters. The van der Waals surface area contributed by atoms with Gasteiger partial charge >= 0.3 is 5.97 Å². The van der Waals surface area contributed by atoms with Crippen molar-refractivity contribution in [3.63, 3.8) is 0 Å². The van der Waals surface area contributed by atoms with Gasteiger partial charge in [-0.2, -0.15) is 0 Å². The standard InChI is InChI=1S/C28H37N5O2/c1-3-5-10-19-33(21-28(17-8-9-18-28)27(34)35-4-2)20-22-13-15-23(16-14-22)24-11-6-7-12-25(24)26-29-31-32-30-26/h6-7,11-16H,3-5,8-10,17-21H2,1-2H3,(H,29,30,31,32). The van der Waals surface area contributed by atoms with Crippen LogP contribution in [0.1, 0.15) is 64.4 Å². The number of carbonyl (C=O) groups excluding carboxylic acids is 1. The molecule has 7 nitrogen and oxygen atoms in total. The maximum absolute atomic E-state index is 13.0. The van der Waals surface area contributed by atoms with Crippen LogP contribution in [-0.2, 0) is 16.1 Å². The highest BCUT2D eigenvalue weighted by molar-refractivity contribution is 5.80. The topological polar surface area (TPSA) is 84.0 Å². The number of benzene rings is 2. The van der Waals surface area contributed by atoms with Gasteiger partial charge in [0.05, 0.1) is 12.0 Å². The van der Waals surface area contributed by atoms with Gasteiger partial charge in [-0.3, -0.25) is 9.69 Å². The van der Waals surface area contributed by atoms with E-state index in [-0.39, 0.29) is 11.4 Å². The van der Waals surface area contributed by atoms with Crippen molar-refractivity contribution in [1.29, 1.82) is 0 Å². The van der Waals surface area contributed by atoms with Crippen LogP contribution in [0.3, 0.4) is 0 Å². The highest BCUT2D eigenvalue weighted by Gasteiger charge is 2.43. The number of aromatic nitrogens is 4. The lowest BCUT2D eigenvalue weighted by atomic mass is 9.85. The van der Waals surface area contributed by atoms with E-state index in [9.17, 15) is 4.79 Å². The summed E-state index contributed by atoms with van der Waals surface area (Å²) in [7, 11) is 0. The summed E-state index contributed by atoms with van der Waals surface area (Å²) in [6.07, 6.45) is 7.62. The van der Waals surface area contributed by atoms with Gasteiger partial charge in [-0.1, -0.05) is 81.1 Å². The third-order valence-corrected chi connectivity index (χ3v) is 7.07. The summed E-state index contributed by atoms with van der Waals surface area (Å²) in [5.74, 6) is 0.652. The van der Waals surface area contributed by atoms with Crippen LogP contribution in [0.4, 0.5) is 0 Å². The van der Waals surface area contributed by atoms with Gasteiger partial charge in [-0.15, -0.1) is 5.10 Å². The Kier molecular flexibility index (Phi) is 8.64. The second-order valence-corrected chi connectivity index (χ2v) is 9.62. The molecule has 1 heterocycles. The van der Waals surface area contributed by atoms with E-state index in [4.69, 9.17) is 4.74 Å². The molecular weight excluding hydrogens is 438 g/mol. The van der Waals surface area contributed by atoms with Crippen molar-refractivity contribution in [3.05, 3.63) is 54.1 Å². The zero-order chi connectivity index (χ0) is 24.5. The fourth-order valence-corrected chi connectivity index (χ4v) is 5.25. The van der Waals surface area contributed by atoms with Crippen LogP contribution in [0.5, 0.6) is 0 Å². The first-order valence-corrected chi connectivity index (χ1v) is 13.0. The summed E-state index contributed by atoms with van der Waals surface area (Å²) in [5.41, 5.74) is 4.08. The molecule has 1 aromatic heterocycles. The zero-order valence-electron chi connectivity index (χ0n) is 21.0. The Morgan fingerprint density at radius 2 is 1.77 bits per heavy atom. The average Bonchev–Trinajstić information content (AvgIpc) is 3.58. The van der Waals surface area contributed by atoms with E-state index in [2.05, 4.69) is 62.8 Å². The summed E-state index contributed by atoms with van der Waals surface area (Å²) in [6, 6.07) is 16.9. The summed E-state index contributed by atoms with van der Waals surface area (Å²) < 4.78 is 5.53. The van der Waals surface area contributed by atoms with Crippen molar-refractivity contribution in [2.45, 2.75) is 65.3 Å². The van der Waals surface area contributed by atoms with Crippen molar-refractivity contribution < 1.29 is 9.53 Å². The number of rotatable bonds is 12. The number of ether oxygens (including phenoxy) is 1. The first kappa shape index (κ1) is 25.0. The molecular formula is C28H37N5O2. The number of H-pyrrole nitrogens is 1. The van der Waals surface area contributed by atoms with Crippen molar-refractivity contribution >= 4 is 5.97 Å². The molecule has 0 amide bonds. The molecule has 2 aromatic carbocycles. The normalized spacial score (nSPS) is 14.9. The van der Waals surface area contributed by atoms with Gasteiger partial charge in [-0.05, 0) is 59.8 Å². The van der Waals surface area contributed by atoms with Gasteiger partial charge in [0.2, 0.25) is 0 Å². The number of nitrogens with zero attached hydrogens (tertiary/aromatic N) is 4. The fourth-order valence-electron chi connectivity index (χ4n) is 5.25. The van der Waals surface area contributed by atoms with Gasteiger partial charge in [0.15, 0.2) is 5.82 Å². The second kappa shape index (κ2) is 12.1. The maximum Gasteiger partial charge on any atom is 0.313 e. The quantitative estimate of drug-likeness (QED) is 0.269. The predicted octanol–water partition coefficient (Wildman–Crippen LogP) is 5.65. The average molecular weight is 476 g/mol. The number of esters is 1. The van der Waals surface area contributed by atoms with Gasteiger partial charge < -0.3 is 4.74 Å². The number of hydrogen-bond donors (Lipinski definition) is 1. The molecule has 1 fully saturated rings. The van der Waals surface area contributed by atoms with Gasteiger partial charge in [0.1, 0.15) is 0 Å². The molecule has 4 rings (SSSR count). The van der Waals surface area contributed by atoms with E-state index >= 15 is 0 Å². The highest BCUT2D eigenvalue weighted by Crippen LogP contribution is 2.40. The number of unbranched alkanes of at least 4 members (excludes halogenated alkanes) is 2. The Balaban J connectivity index is 1.52. The van der Waals surface area contributed by atoms with E-state index < -0.39 is 0 Å². The molecule has 35 heavy (non-hydrogen) atoms. The van der Waals surface area contributed by atoms with Crippen molar-refractivity contribution in [2.75, 3.05) is 19.7 Å². The molecule has 1 saturated carbocycles. The van der Waals surface area contributed by atoms with Crippen LogP contribution in [0.25, 0.3) is 22.5 Å². The SMILES string of the molecule is CCCCCN(Cc1ccc(-c2ccccc2-c2nnn[nH]2)cc1)CC1(C(=O)OCC)CCCC1. The van der Waals surface area contributed by atoms with Crippen molar-refractivity contribution in [3.8, 4) is 22.5 Å². The molecule has 0 radical (unpaired) electrons. The molecule has 0 bridgehead atoms. The van der Waals surface area contributed by atoms with Crippen molar-refractivity contribution in [2.24, 2.45) is 5.41 Å². The first-order valence-electron chi connectivity index (χ1n) is 13.0. The lowest BCUT2D eigenvalue weighted by Gasteiger charge is -2.33. The van der Waals surface area contributed by atoms with Crippen molar-refractivity contribution in [1.82, 2.24) is 25.5 Å². The third kappa shape index (κ3) is 6.14. The second-order valence-electron chi connectivity index (χ2n) is 9.62. The fraction of sp³-hybridized carbons (Fsp3) is 0.500. The Labute approximate surface area is 208 Å². The highest BCUT2D eigenvalue weighted by atomic mass is 16.5. The zero-order valence-corrected chi connectivity index (χ0v) is 21.0. The van der Waals surface area contributed by atoms with Crippen LogP contribution in [0.2, 0.25) is 0 Å². The largest absolute Gasteiger partial charge is 0.466 e. The molecule has 7 heteroatoms. The van der Waals surface area contributed by atoms with Crippen LogP contribution in [0.15, 0.2) is 48.5 Å².